The predicted octanol–water partition coefficient (Wildman–Crippen LogP) is 7.00. The predicted molar refractivity (Wildman–Crippen MR) is 238 cm³/mol. The van der Waals surface area contributed by atoms with Crippen LogP contribution in [0.15, 0.2) is 166 Å². The molecule has 0 aliphatic heterocycles. The van der Waals surface area contributed by atoms with Crippen LogP contribution in [0.2, 0.25) is 0 Å². The van der Waals surface area contributed by atoms with Crippen LogP contribution in [-0.2, 0) is 20.2 Å². The molecule has 64 heavy (non-hydrogen) atoms. The zero-order valence-electron chi connectivity index (χ0n) is 32.8. The van der Waals surface area contributed by atoms with Crippen molar-refractivity contribution >= 4 is 89.5 Å². The van der Waals surface area contributed by atoms with E-state index in [0.717, 1.165) is 12.1 Å². The molecule has 8 rings (SSSR count). The maximum Gasteiger partial charge on any atom is 0.295 e. The van der Waals surface area contributed by atoms with Crippen LogP contribution in [0.25, 0.3) is 23.3 Å². The number of hydrogen-bond acceptors (Lipinski definition) is 14. The molecule has 0 spiro atoms. The minimum atomic E-state index is -4.94. The van der Waals surface area contributed by atoms with Gasteiger partial charge in [-0.05, 0) is 59.7 Å². The highest BCUT2D eigenvalue weighted by atomic mass is 32.2. The van der Waals surface area contributed by atoms with Gasteiger partial charge in [-0.3, -0.25) is 49.1 Å². The highest BCUT2D eigenvalue weighted by molar-refractivity contribution is 7.86. The summed E-state index contributed by atoms with van der Waals surface area (Å²) in [6.07, 6.45) is 7.73. The van der Waals surface area contributed by atoms with E-state index in [1.165, 1.54) is 61.0 Å². The van der Waals surface area contributed by atoms with E-state index >= 15 is 0 Å². The van der Waals surface area contributed by atoms with Gasteiger partial charge in [-0.1, -0.05) is 97.1 Å². The number of hydrazone groups is 2. The third-order valence-electron chi connectivity index (χ3n) is 9.85. The van der Waals surface area contributed by atoms with Crippen LogP contribution in [0.1, 0.15) is 63.9 Å². The van der Waals surface area contributed by atoms with Gasteiger partial charge in [0, 0.05) is 45.8 Å². The molecule has 0 radical (unpaired) electrons. The SMILES string of the molecule is O=C(C1=CC(=NNc2ccc(C=Cc3ccc(NN=C4C=C(C(=O)c5ccccc5)c5cccnc5C4=O)cc3S(=O)(=O)O)c(S(=O)(=O)O)c2)C(=O)c2ncccc21)c1ccccc1. The maximum atomic E-state index is 13.5. The van der Waals surface area contributed by atoms with Crippen LogP contribution in [0.3, 0.4) is 0 Å². The third kappa shape index (κ3) is 8.78. The van der Waals surface area contributed by atoms with E-state index < -0.39 is 41.6 Å². The van der Waals surface area contributed by atoms with Crippen molar-refractivity contribution in [3.05, 3.63) is 191 Å². The molecule has 2 heterocycles. The van der Waals surface area contributed by atoms with Gasteiger partial charge in [-0.15, -0.1) is 0 Å². The first kappa shape index (κ1) is 42.5. The second kappa shape index (κ2) is 17.3. The molecule has 18 heteroatoms. The van der Waals surface area contributed by atoms with Crippen molar-refractivity contribution in [1.29, 1.82) is 0 Å². The maximum absolute atomic E-state index is 13.5. The van der Waals surface area contributed by atoms with Crippen LogP contribution < -0.4 is 10.9 Å². The molecule has 0 atom stereocenters. The van der Waals surface area contributed by atoms with Gasteiger partial charge in [0.2, 0.25) is 11.6 Å². The van der Waals surface area contributed by atoms with Gasteiger partial charge in [-0.2, -0.15) is 27.0 Å². The number of allylic oxidation sites excluding steroid dienone is 4. The number of anilines is 2. The first-order valence-corrected chi connectivity index (χ1v) is 21.8. The number of ketones is 4. The zero-order valence-corrected chi connectivity index (χ0v) is 34.4. The number of hydrogen-bond donors (Lipinski definition) is 4. The molecule has 0 bridgehead atoms. The van der Waals surface area contributed by atoms with Crippen LogP contribution in [-0.4, -0.2) is 70.5 Å². The summed E-state index contributed by atoms with van der Waals surface area (Å²) in [4.78, 5) is 60.7. The summed E-state index contributed by atoms with van der Waals surface area (Å²) in [7, 11) is -9.88. The molecule has 2 aliphatic carbocycles. The summed E-state index contributed by atoms with van der Waals surface area (Å²) >= 11 is 0. The number of benzene rings is 4. The molecule has 4 aromatic carbocycles. The van der Waals surface area contributed by atoms with Crippen LogP contribution in [0.5, 0.6) is 0 Å². The number of rotatable bonds is 12. The summed E-state index contributed by atoms with van der Waals surface area (Å²) in [5.74, 6) is -2.00. The smallest absolute Gasteiger partial charge is 0.289 e. The Kier molecular flexibility index (Phi) is 11.5. The lowest BCUT2D eigenvalue weighted by molar-refractivity contribution is 0.104. The lowest BCUT2D eigenvalue weighted by atomic mass is 9.88. The second-order valence-electron chi connectivity index (χ2n) is 14.0. The fourth-order valence-corrected chi connectivity index (χ4v) is 8.22. The highest BCUT2D eigenvalue weighted by Gasteiger charge is 2.31. The molecule has 0 saturated heterocycles. The summed E-state index contributed by atoms with van der Waals surface area (Å²) in [6.45, 7) is 0. The highest BCUT2D eigenvalue weighted by Crippen LogP contribution is 2.31. The van der Waals surface area contributed by atoms with Crippen molar-refractivity contribution in [3.8, 4) is 0 Å². The minimum Gasteiger partial charge on any atom is -0.289 e. The molecule has 0 fully saturated rings. The summed E-state index contributed by atoms with van der Waals surface area (Å²) < 4.78 is 70.8. The molecular weight excluding hydrogens is 861 g/mol. The van der Waals surface area contributed by atoms with E-state index in [9.17, 15) is 45.1 Å². The van der Waals surface area contributed by atoms with E-state index in [2.05, 4.69) is 31.0 Å². The molecule has 4 N–H and O–H groups in total. The fourth-order valence-electron chi connectivity index (χ4n) is 6.80. The Bertz CT molecular complexity index is 3120. The molecule has 0 unspecified atom stereocenters. The van der Waals surface area contributed by atoms with Gasteiger partial charge in [0.25, 0.3) is 20.2 Å². The number of carbonyl (C=O) groups excluding carboxylic acids is 4. The number of Topliss-reactive ketones (excluding diaryl/α,β-unsaturated/α-hetero) is 4. The second-order valence-corrected chi connectivity index (χ2v) is 16.8. The molecule has 2 aliphatic rings. The van der Waals surface area contributed by atoms with Crippen LogP contribution >= 0.6 is 0 Å². The molecule has 6 aromatic rings. The molecule has 0 amide bonds. The average Bonchev–Trinajstić information content (AvgIpc) is 3.30. The topological polar surface area (TPSA) is 252 Å². The van der Waals surface area contributed by atoms with Crippen molar-refractivity contribution in [1.82, 2.24) is 9.97 Å². The number of pyridine rings is 2. The largest absolute Gasteiger partial charge is 0.295 e. The minimum absolute atomic E-state index is 0.000912. The number of nitrogens with zero attached hydrogens (tertiary/aromatic N) is 4. The van der Waals surface area contributed by atoms with Crippen molar-refractivity contribution in [2.24, 2.45) is 10.2 Å². The quantitative estimate of drug-likeness (QED) is 0.0418. The first-order chi connectivity index (χ1) is 30.7. The van der Waals surface area contributed by atoms with Crippen molar-refractivity contribution < 1.29 is 45.1 Å². The summed E-state index contributed by atoms with van der Waals surface area (Å²) in [5.41, 5.74) is 6.15. The third-order valence-corrected chi connectivity index (χ3v) is 11.7. The Labute approximate surface area is 364 Å². The Morgan fingerprint density at radius 3 is 1.30 bits per heavy atom. The average molecular weight is 891 g/mol. The van der Waals surface area contributed by atoms with Gasteiger partial charge in [0.15, 0.2) is 11.6 Å². The lowest BCUT2D eigenvalue weighted by Gasteiger charge is -2.16. The summed E-state index contributed by atoms with van der Waals surface area (Å²) in [5, 5.41) is 8.28. The Balaban J connectivity index is 1.07. The van der Waals surface area contributed by atoms with Gasteiger partial charge in [-0.25, -0.2) is 0 Å². The Morgan fingerprint density at radius 2 is 0.922 bits per heavy atom. The van der Waals surface area contributed by atoms with E-state index in [0.29, 0.717) is 22.3 Å². The van der Waals surface area contributed by atoms with E-state index in [1.54, 1.807) is 84.9 Å². The first-order valence-electron chi connectivity index (χ1n) is 18.9. The normalized spacial score (nSPS) is 15.0. The van der Waals surface area contributed by atoms with E-state index in [1.807, 2.05) is 0 Å². The molecule has 2 aromatic heterocycles. The molecule has 16 nitrogen and oxygen atoms in total. The monoisotopic (exact) mass is 890 g/mol. The Hall–Kier alpha value is -8.16. The zero-order chi connectivity index (χ0) is 45.2. The van der Waals surface area contributed by atoms with Gasteiger partial charge in [0.1, 0.15) is 32.6 Å². The van der Waals surface area contributed by atoms with Crippen molar-refractivity contribution in [2.75, 3.05) is 10.9 Å². The number of nitrogens with one attached hydrogen (secondary N) is 2. The van der Waals surface area contributed by atoms with E-state index in [-0.39, 0.29) is 68.0 Å². The molecule has 0 saturated carbocycles. The van der Waals surface area contributed by atoms with Crippen LogP contribution in [0, 0.1) is 0 Å². The van der Waals surface area contributed by atoms with Crippen LogP contribution in [0.4, 0.5) is 11.4 Å². The number of aromatic nitrogens is 2. The molecule has 316 valence electrons. The van der Waals surface area contributed by atoms with Gasteiger partial charge in [0.05, 0.1) is 11.4 Å². The fraction of sp³-hybridized carbons (Fsp3) is 0. The molecular formula is C46H30N6O10S2. The lowest BCUT2D eigenvalue weighted by Crippen LogP contribution is -2.24. The number of fused-ring (bicyclic) bond motifs is 2. The van der Waals surface area contributed by atoms with Crippen molar-refractivity contribution in [2.45, 2.75) is 9.79 Å². The standard InChI is InChI=1S/C46H30N6O10S2/c53-43(29-9-3-1-4-10-29)35-25-37(45(55)41-33(35)13-7-21-47-41)51-49-31-19-17-27(39(23-31)63(57,58)59)15-16-28-18-20-32(24-40(28)64(60,61)62)50-52-38-26-36(44(54)30-11-5-2-6-12-30)34-14-8-22-48-42(34)46(38)56/h1-26,49-50H,(H,57,58,59)(H,60,61,62). The van der Waals surface area contributed by atoms with E-state index in [4.69, 9.17) is 0 Å². The summed E-state index contributed by atoms with van der Waals surface area (Å²) in [6, 6.07) is 30.4. The number of carbonyl (C=O) groups is 4. The van der Waals surface area contributed by atoms with Gasteiger partial charge >= 0.3 is 0 Å². The van der Waals surface area contributed by atoms with Gasteiger partial charge < -0.3 is 0 Å². The Morgan fingerprint density at radius 1 is 0.531 bits per heavy atom. The van der Waals surface area contributed by atoms with Crippen molar-refractivity contribution in [3.63, 3.8) is 0 Å².